The third-order valence-electron chi connectivity index (χ3n) is 5.73. The van der Waals surface area contributed by atoms with Crippen LogP contribution in [-0.2, 0) is 17.8 Å². The first-order valence-corrected chi connectivity index (χ1v) is 10.1. The van der Waals surface area contributed by atoms with E-state index in [4.69, 9.17) is 9.72 Å². The third-order valence-corrected chi connectivity index (χ3v) is 5.73. The zero-order chi connectivity index (χ0) is 19.5. The van der Waals surface area contributed by atoms with Crippen molar-refractivity contribution in [2.75, 3.05) is 32.8 Å². The molecule has 0 radical (unpaired) electrons. The molecule has 28 heavy (non-hydrogen) atoms. The van der Waals surface area contributed by atoms with E-state index in [-0.39, 0.29) is 5.91 Å². The summed E-state index contributed by atoms with van der Waals surface area (Å²) in [6.07, 6.45) is 3.84. The van der Waals surface area contributed by atoms with Crippen molar-refractivity contribution >= 4 is 5.91 Å². The van der Waals surface area contributed by atoms with E-state index < -0.39 is 0 Å². The number of carbonyl (C=O) groups is 1. The Bertz CT molecular complexity index is 837. The molecule has 1 saturated heterocycles. The number of benzene rings is 1. The number of hydrogen-bond acceptors (Lipinski definition) is 5. The van der Waals surface area contributed by atoms with E-state index in [0.717, 1.165) is 61.9 Å². The Kier molecular flexibility index (Phi) is 5.57. The van der Waals surface area contributed by atoms with Gasteiger partial charge in [-0.3, -0.25) is 9.69 Å². The number of fused-ring (bicyclic) bond motifs is 1. The number of ether oxygens (including phenoxy) is 1. The Hall–Kier alpha value is -2.47. The highest BCUT2D eigenvalue weighted by molar-refractivity contribution is 5.73. The fourth-order valence-corrected chi connectivity index (χ4v) is 3.97. The Morgan fingerprint density at radius 2 is 2.07 bits per heavy atom. The van der Waals surface area contributed by atoms with Crippen molar-refractivity contribution in [3.8, 4) is 5.75 Å². The molecular formula is C22H28N4O2. The molecule has 1 aromatic heterocycles. The van der Waals surface area contributed by atoms with E-state index in [9.17, 15) is 4.79 Å². The predicted octanol–water partition coefficient (Wildman–Crippen LogP) is 2.56. The minimum atomic E-state index is 0.119. The van der Waals surface area contributed by atoms with Crippen LogP contribution in [0, 0.1) is 6.92 Å². The summed E-state index contributed by atoms with van der Waals surface area (Å²) >= 11 is 0. The van der Waals surface area contributed by atoms with Gasteiger partial charge in [0.25, 0.3) is 0 Å². The van der Waals surface area contributed by atoms with Gasteiger partial charge in [0.1, 0.15) is 18.2 Å². The molecule has 1 aromatic carbocycles. The van der Waals surface area contributed by atoms with E-state index in [2.05, 4.69) is 28.9 Å². The second-order valence-corrected chi connectivity index (χ2v) is 7.84. The number of rotatable bonds is 5. The monoisotopic (exact) mass is 380 g/mol. The summed E-state index contributed by atoms with van der Waals surface area (Å²) in [5.41, 5.74) is 3.45. The first kappa shape index (κ1) is 18.9. The van der Waals surface area contributed by atoms with Crippen LogP contribution in [-0.4, -0.2) is 58.5 Å². The summed E-state index contributed by atoms with van der Waals surface area (Å²) in [6, 6.07) is 8.20. The van der Waals surface area contributed by atoms with E-state index in [0.29, 0.717) is 19.1 Å². The Balaban J connectivity index is 1.29. The maximum atomic E-state index is 11.6. The Morgan fingerprint density at radius 1 is 1.25 bits per heavy atom. The van der Waals surface area contributed by atoms with E-state index in [1.54, 1.807) is 6.92 Å². The summed E-state index contributed by atoms with van der Waals surface area (Å²) in [5.74, 6) is 2.39. The molecular weight excluding hydrogens is 352 g/mol. The fraction of sp³-hybridized carbons (Fsp3) is 0.500. The van der Waals surface area contributed by atoms with Crippen LogP contribution in [0.3, 0.4) is 0 Å². The van der Waals surface area contributed by atoms with Gasteiger partial charge in [-0.05, 0) is 32.0 Å². The number of aryl methyl sites for hydroxylation is 1. The van der Waals surface area contributed by atoms with Gasteiger partial charge in [-0.25, -0.2) is 9.97 Å². The first-order valence-electron chi connectivity index (χ1n) is 10.1. The normalized spacial score (nSPS) is 19.5. The van der Waals surface area contributed by atoms with E-state index >= 15 is 0 Å². The molecule has 0 saturated carbocycles. The zero-order valence-corrected chi connectivity index (χ0v) is 16.7. The van der Waals surface area contributed by atoms with Crippen LogP contribution in [0.5, 0.6) is 5.75 Å². The molecule has 3 heterocycles. The lowest BCUT2D eigenvalue weighted by atomic mass is 10.0. The lowest BCUT2D eigenvalue weighted by Gasteiger charge is -2.27. The van der Waals surface area contributed by atoms with Crippen molar-refractivity contribution < 1.29 is 9.53 Å². The van der Waals surface area contributed by atoms with Crippen molar-refractivity contribution in [3.63, 3.8) is 0 Å². The van der Waals surface area contributed by atoms with Gasteiger partial charge in [-0.1, -0.05) is 17.7 Å². The largest absolute Gasteiger partial charge is 0.492 e. The van der Waals surface area contributed by atoms with Gasteiger partial charge in [-0.2, -0.15) is 0 Å². The highest BCUT2D eigenvalue weighted by atomic mass is 16.5. The van der Waals surface area contributed by atoms with Crippen LogP contribution >= 0.6 is 0 Å². The van der Waals surface area contributed by atoms with Crippen LogP contribution in [0.1, 0.15) is 41.9 Å². The number of hydrogen-bond donors (Lipinski definition) is 0. The van der Waals surface area contributed by atoms with E-state index in [1.165, 1.54) is 5.56 Å². The van der Waals surface area contributed by atoms with Crippen molar-refractivity contribution in [1.29, 1.82) is 0 Å². The average Bonchev–Trinajstić information content (AvgIpc) is 3.17. The van der Waals surface area contributed by atoms with Crippen molar-refractivity contribution in [1.82, 2.24) is 19.8 Å². The van der Waals surface area contributed by atoms with Crippen LogP contribution in [0.4, 0.5) is 0 Å². The lowest BCUT2D eigenvalue weighted by Crippen LogP contribution is -2.35. The van der Waals surface area contributed by atoms with E-state index in [1.807, 2.05) is 23.2 Å². The molecule has 1 amide bonds. The molecule has 6 heteroatoms. The van der Waals surface area contributed by atoms with Crippen molar-refractivity contribution in [3.05, 3.63) is 53.1 Å². The lowest BCUT2D eigenvalue weighted by molar-refractivity contribution is -0.129. The van der Waals surface area contributed by atoms with Crippen LogP contribution in [0.15, 0.2) is 30.5 Å². The van der Waals surface area contributed by atoms with Crippen molar-refractivity contribution in [2.45, 2.75) is 39.2 Å². The molecule has 2 aliphatic heterocycles. The molecule has 4 rings (SSSR count). The fourth-order valence-electron chi connectivity index (χ4n) is 3.97. The minimum absolute atomic E-state index is 0.119. The molecule has 2 aliphatic rings. The molecule has 0 spiro atoms. The SMILES string of the molecule is CC(=O)N1CCc2nc(C3CCN(CCOc4ccc(C)cc4)C3)ncc2C1. The van der Waals surface area contributed by atoms with Gasteiger partial charge in [0.15, 0.2) is 0 Å². The van der Waals surface area contributed by atoms with Gasteiger partial charge < -0.3 is 9.64 Å². The smallest absolute Gasteiger partial charge is 0.219 e. The molecule has 1 atom stereocenters. The van der Waals surface area contributed by atoms with Gasteiger partial charge in [0.2, 0.25) is 5.91 Å². The van der Waals surface area contributed by atoms with Gasteiger partial charge in [0, 0.05) is 57.2 Å². The quantitative estimate of drug-likeness (QED) is 0.798. The molecule has 148 valence electrons. The number of carbonyl (C=O) groups excluding carboxylic acids is 1. The van der Waals surface area contributed by atoms with Crippen LogP contribution < -0.4 is 4.74 Å². The summed E-state index contributed by atoms with van der Waals surface area (Å²) in [6.45, 7) is 8.75. The number of amides is 1. The maximum Gasteiger partial charge on any atom is 0.219 e. The van der Waals surface area contributed by atoms with Crippen LogP contribution in [0.2, 0.25) is 0 Å². The molecule has 1 unspecified atom stereocenters. The predicted molar refractivity (Wildman–Crippen MR) is 107 cm³/mol. The maximum absolute atomic E-state index is 11.6. The van der Waals surface area contributed by atoms with Crippen LogP contribution in [0.25, 0.3) is 0 Å². The molecule has 6 nitrogen and oxygen atoms in total. The molecule has 2 aromatic rings. The second-order valence-electron chi connectivity index (χ2n) is 7.84. The minimum Gasteiger partial charge on any atom is -0.492 e. The highest BCUT2D eigenvalue weighted by Crippen LogP contribution is 2.26. The average molecular weight is 380 g/mol. The zero-order valence-electron chi connectivity index (χ0n) is 16.7. The number of likely N-dealkylation sites (tertiary alicyclic amines) is 1. The summed E-state index contributed by atoms with van der Waals surface area (Å²) < 4.78 is 5.86. The first-order chi connectivity index (χ1) is 13.6. The topological polar surface area (TPSA) is 58.6 Å². The molecule has 1 fully saturated rings. The summed E-state index contributed by atoms with van der Waals surface area (Å²) in [4.78, 5) is 25.4. The second kappa shape index (κ2) is 8.27. The Labute approximate surface area is 166 Å². The van der Waals surface area contributed by atoms with Gasteiger partial charge in [-0.15, -0.1) is 0 Å². The standard InChI is InChI=1S/C22H28N4O2/c1-16-3-5-20(6-4-16)28-12-11-25-9-7-18(14-25)22-23-13-19-15-26(17(2)27)10-8-21(19)24-22/h3-6,13,18H,7-12,14-15H2,1-2H3. The summed E-state index contributed by atoms with van der Waals surface area (Å²) in [7, 11) is 0. The van der Waals surface area contributed by atoms with Gasteiger partial charge in [0.05, 0.1) is 5.69 Å². The number of nitrogens with zero attached hydrogens (tertiary/aromatic N) is 4. The Morgan fingerprint density at radius 3 is 2.86 bits per heavy atom. The molecule has 0 N–H and O–H groups in total. The third kappa shape index (κ3) is 4.33. The highest BCUT2D eigenvalue weighted by Gasteiger charge is 2.27. The molecule has 0 bridgehead atoms. The number of aromatic nitrogens is 2. The summed E-state index contributed by atoms with van der Waals surface area (Å²) in [5, 5.41) is 0. The molecule has 0 aliphatic carbocycles. The van der Waals surface area contributed by atoms with Crippen molar-refractivity contribution in [2.24, 2.45) is 0 Å². The van der Waals surface area contributed by atoms with Gasteiger partial charge >= 0.3 is 0 Å².